The Hall–Kier alpha value is -4.03. The number of amides is 1. The molecule has 0 spiro atoms. The molecule has 0 aliphatic carbocycles. The maximum Gasteiger partial charge on any atom is 0.233 e. The molecule has 6 heteroatoms. The second kappa shape index (κ2) is 10.9. The molecule has 3 atom stereocenters. The quantitative estimate of drug-likeness (QED) is 0.259. The summed E-state index contributed by atoms with van der Waals surface area (Å²) >= 11 is 0. The molecule has 0 saturated carbocycles. The first-order valence-electron chi connectivity index (χ1n) is 12.3. The molecule has 4 nitrogen and oxygen atoms in total. The molecular weight excluding hydrogens is 472 g/mol. The Morgan fingerprint density at radius 3 is 2.14 bits per heavy atom. The third-order valence-corrected chi connectivity index (χ3v) is 6.80. The predicted octanol–water partition coefficient (Wildman–Crippen LogP) is 6.76. The lowest BCUT2D eigenvalue weighted by Crippen LogP contribution is -2.55. The number of halogens is 2. The van der Waals surface area contributed by atoms with Crippen LogP contribution < -0.4 is 9.64 Å². The first kappa shape index (κ1) is 24.7. The third kappa shape index (κ3) is 5.39. The smallest absolute Gasteiger partial charge is 0.233 e. The number of anilines is 1. The van der Waals surface area contributed by atoms with Crippen molar-refractivity contribution in [2.75, 3.05) is 4.90 Å². The zero-order chi connectivity index (χ0) is 25.8. The molecule has 0 bridgehead atoms. The van der Waals surface area contributed by atoms with E-state index >= 15 is 0 Å². The number of rotatable bonds is 9. The third-order valence-electron chi connectivity index (χ3n) is 6.80. The summed E-state index contributed by atoms with van der Waals surface area (Å²) < 4.78 is 33.1. The average Bonchev–Trinajstić information content (AvgIpc) is 2.92. The van der Waals surface area contributed by atoms with Crippen LogP contribution >= 0.6 is 0 Å². The summed E-state index contributed by atoms with van der Waals surface area (Å²) in [6, 6.07) is 28.7. The molecule has 4 aromatic rings. The Balaban J connectivity index is 1.41. The molecule has 188 valence electrons. The monoisotopic (exact) mass is 499 g/mol. The fraction of sp³-hybridized carbons (Fsp3) is 0.194. The van der Waals surface area contributed by atoms with Gasteiger partial charge in [0, 0.05) is 11.3 Å². The second-order valence-electron chi connectivity index (χ2n) is 9.19. The van der Waals surface area contributed by atoms with Crippen molar-refractivity contribution >= 4 is 11.6 Å². The van der Waals surface area contributed by atoms with E-state index in [0.717, 1.165) is 11.1 Å². The standard InChI is InChI=1S/C31H27F2NO3/c32-23-12-10-22(11-13-23)28(35)19-18-27-30(34(31(27)36)25-16-14-24(33)15-17-25)26-8-4-5-9-29(26)37-20-21-6-2-1-3-7-21/h1-17,27-28,30,35H,18-20H2. The highest BCUT2D eigenvalue weighted by molar-refractivity contribution is 6.03. The Kier molecular flexibility index (Phi) is 7.28. The molecule has 1 fully saturated rings. The number of carbonyl (C=O) groups excluding carboxylic acids is 1. The number of β-lactam (4-membered cyclic amide) rings is 1. The average molecular weight is 500 g/mol. The van der Waals surface area contributed by atoms with Gasteiger partial charge in [-0.05, 0) is 66.4 Å². The molecular formula is C31H27F2NO3. The zero-order valence-corrected chi connectivity index (χ0v) is 20.1. The van der Waals surface area contributed by atoms with Crippen molar-refractivity contribution in [3.05, 3.63) is 131 Å². The Labute approximate surface area is 214 Å². The summed E-state index contributed by atoms with van der Waals surface area (Å²) in [6.45, 7) is 0.378. The van der Waals surface area contributed by atoms with Gasteiger partial charge < -0.3 is 14.7 Å². The zero-order valence-electron chi connectivity index (χ0n) is 20.1. The van der Waals surface area contributed by atoms with E-state index in [-0.39, 0.29) is 23.6 Å². The van der Waals surface area contributed by atoms with Gasteiger partial charge in [-0.2, -0.15) is 0 Å². The van der Waals surface area contributed by atoms with Gasteiger partial charge in [0.05, 0.1) is 18.1 Å². The SMILES string of the molecule is O=C1C(CCC(O)c2ccc(F)cc2)C(c2ccccc2OCc2ccccc2)N1c1ccc(F)cc1. The van der Waals surface area contributed by atoms with Crippen molar-refractivity contribution < 1.29 is 23.4 Å². The lowest BCUT2D eigenvalue weighted by Gasteiger charge is -2.48. The fourth-order valence-electron chi connectivity index (χ4n) is 4.86. The van der Waals surface area contributed by atoms with Gasteiger partial charge in [-0.25, -0.2) is 8.78 Å². The Morgan fingerprint density at radius 1 is 0.811 bits per heavy atom. The van der Waals surface area contributed by atoms with Crippen LogP contribution in [0.4, 0.5) is 14.5 Å². The van der Waals surface area contributed by atoms with Gasteiger partial charge in [-0.3, -0.25) is 4.79 Å². The molecule has 1 aliphatic rings. The van der Waals surface area contributed by atoms with Crippen LogP contribution in [0.1, 0.15) is 41.7 Å². The van der Waals surface area contributed by atoms with E-state index in [1.807, 2.05) is 54.6 Å². The number of hydrogen-bond acceptors (Lipinski definition) is 3. The second-order valence-corrected chi connectivity index (χ2v) is 9.19. The largest absolute Gasteiger partial charge is 0.489 e. The van der Waals surface area contributed by atoms with Crippen LogP contribution in [0.3, 0.4) is 0 Å². The number of aliphatic hydroxyl groups is 1. The molecule has 1 N–H and O–H groups in total. The van der Waals surface area contributed by atoms with Crippen molar-refractivity contribution in [2.24, 2.45) is 5.92 Å². The first-order chi connectivity index (χ1) is 18.0. The van der Waals surface area contributed by atoms with Crippen molar-refractivity contribution in [3.63, 3.8) is 0 Å². The molecule has 1 heterocycles. The van der Waals surface area contributed by atoms with Gasteiger partial charge in [0.25, 0.3) is 0 Å². The summed E-state index contributed by atoms with van der Waals surface area (Å²) in [7, 11) is 0. The number of nitrogens with zero attached hydrogens (tertiary/aromatic N) is 1. The van der Waals surface area contributed by atoms with Crippen LogP contribution in [-0.4, -0.2) is 11.0 Å². The maximum atomic E-state index is 13.6. The summed E-state index contributed by atoms with van der Waals surface area (Å²) in [4.78, 5) is 15.0. The summed E-state index contributed by atoms with van der Waals surface area (Å²) in [5, 5.41) is 10.7. The number of carbonyl (C=O) groups is 1. The van der Waals surface area contributed by atoms with Gasteiger partial charge in [-0.1, -0.05) is 60.7 Å². The number of hydrogen-bond donors (Lipinski definition) is 1. The van der Waals surface area contributed by atoms with Gasteiger partial charge in [0.1, 0.15) is 24.0 Å². The summed E-state index contributed by atoms with van der Waals surface area (Å²) in [5.74, 6) is -0.575. The normalized spacial score (nSPS) is 17.8. The number of para-hydroxylation sites is 1. The van der Waals surface area contributed by atoms with E-state index in [1.165, 1.54) is 24.3 Å². The lowest BCUT2D eigenvalue weighted by molar-refractivity contribution is -0.131. The maximum absolute atomic E-state index is 13.6. The molecule has 3 unspecified atom stereocenters. The van der Waals surface area contributed by atoms with Crippen molar-refractivity contribution in [1.82, 2.24) is 0 Å². The van der Waals surface area contributed by atoms with E-state index in [9.17, 15) is 18.7 Å². The highest BCUT2D eigenvalue weighted by Gasteiger charge is 2.49. The lowest BCUT2D eigenvalue weighted by atomic mass is 9.78. The highest BCUT2D eigenvalue weighted by atomic mass is 19.1. The van der Waals surface area contributed by atoms with Crippen LogP contribution in [0, 0.1) is 17.6 Å². The minimum absolute atomic E-state index is 0.0965. The van der Waals surface area contributed by atoms with Gasteiger partial charge in [0.15, 0.2) is 0 Å². The van der Waals surface area contributed by atoms with E-state index in [4.69, 9.17) is 4.74 Å². The molecule has 0 aromatic heterocycles. The van der Waals surface area contributed by atoms with Crippen molar-refractivity contribution in [3.8, 4) is 5.75 Å². The topological polar surface area (TPSA) is 49.8 Å². The van der Waals surface area contributed by atoms with E-state index < -0.39 is 12.0 Å². The molecule has 1 saturated heterocycles. The molecule has 5 rings (SSSR count). The van der Waals surface area contributed by atoms with E-state index in [2.05, 4.69) is 0 Å². The van der Waals surface area contributed by atoms with E-state index in [0.29, 0.717) is 36.4 Å². The molecule has 37 heavy (non-hydrogen) atoms. The number of ether oxygens (including phenoxy) is 1. The minimum atomic E-state index is -0.821. The minimum Gasteiger partial charge on any atom is -0.489 e. The summed E-state index contributed by atoms with van der Waals surface area (Å²) in [6.07, 6.45) is -0.0613. The molecule has 0 radical (unpaired) electrons. The van der Waals surface area contributed by atoms with E-state index in [1.54, 1.807) is 29.2 Å². The van der Waals surface area contributed by atoms with Crippen LogP contribution in [0.5, 0.6) is 5.75 Å². The highest BCUT2D eigenvalue weighted by Crippen LogP contribution is 2.48. The Morgan fingerprint density at radius 2 is 1.43 bits per heavy atom. The molecule has 1 aliphatic heterocycles. The summed E-state index contributed by atoms with van der Waals surface area (Å²) in [5.41, 5.74) is 3.08. The van der Waals surface area contributed by atoms with Gasteiger partial charge in [-0.15, -0.1) is 0 Å². The van der Waals surface area contributed by atoms with Gasteiger partial charge in [0.2, 0.25) is 5.91 Å². The Bertz CT molecular complexity index is 1340. The van der Waals surface area contributed by atoms with Crippen LogP contribution in [-0.2, 0) is 11.4 Å². The molecule has 1 amide bonds. The fourth-order valence-corrected chi connectivity index (χ4v) is 4.86. The number of aliphatic hydroxyl groups excluding tert-OH is 1. The van der Waals surface area contributed by atoms with Crippen LogP contribution in [0.15, 0.2) is 103 Å². The van der Waals surface area contributed by atoms with Crippen LogP contribution in [0.25, 0.3) is 0 Å². The van der Waals surface area contributed by atoms with Crippen LogP contribution in [0.2, 0.25) is 0 Å². The number of benzene rings is 4. The predicted molar refractivity (Wildman–Crippen MR) is 138 cm³/mol. The molecule has 4 aromatic carbocycles. The first-order valence-corrected chi connectivity index (χ1v) is 12.3. The van der Waals surface area contributed by atoms with Crippen molar-refractivity contribution in [2.45, 2.75) is 31.6 Å². The van der Waals surface area contributed by atoms with Gasteiger partial charge >= 0.3 is 0 Å². The van der Waals surface area contributed by atoms with Crippen molar-refractivity contribution in [1.29, 1.82) is 0 Å².